The number of carbonyl (C=O) groups excluding carboxylic acids is 2. The minimum atomic E-state index is -0.706. The standard InChI is InChI=1S/C19H18N2O3/c1-13(15-6-4-3-5-7-15)17(19(23)24-2)16(18(20)22)12-14-8-10-21-11-9-14/h3-12H,1-2H3,(H2,20,22). The van der Waals surface area contributed by atoms with Gasteiger partial charge in [0.15, 0.2) is 0 Å². The van der Waals surface area contributed by atoms with Crippen molar-refractivity contribution in [3.05, 3.63) is 77.1 Å². The molecule has 0 aliphatic heterocycles. The lowest BCUT2D eigenvalue weighted by Crippen LogP contribution is -2.21. The summed E-state index contributed by atoms with van der Waals surface area (Å²) >= 11 is 0. The molecule has 5 heteroatoms. The van der Waals surface area contributed by atoms with Gasteiger partial charge >= 0.3 is 5.97 Å². The van der Waals surface area contributed by atoms with Crippen LogP contribution in [0.25, 0.3) is 11.6 Å². The van der Waals surface area contributed by atoms with Crippen molar-refractivity contribution < 1.29 is 14.3 Å². The molecule has 2 N–H and O–H groups in total. The maximum absolute atomic E-state index is 12.3. The van der Waals surface area contributed by atoms with Crippen molar-refractivity contribution in [2.75, 3.05) is 7.11 Å². The zero-order valence-electron chi connectivity index (χ0n) is 13.5. The molecule has 0 atom stereocenters. The lowest BCUT2D eigenvalue weighted by Gasteiger charge is -2.12. The minimum Gasteiger partial charge on any atom is -0.465 e. The molecule has 0 radical (unpaired) electrons. The summed E-state index contributed by atoms with van der Waals surface area (Å²) in [4.78, 5) is 28.2. The maximum Gasteiger partial charge on any atom is 0.338 e. The summed E-state index contributed by atoms with van der Waals surface area (Å²) in [6.07, 6.45) is 4.74. The smallest absolute Gasteiger partial charge is 0.338 e. The van der Waals surface area contributed by atoms with Gasteiger partial charge in [-0.25, -0.2) is 4.79 Å². The van der Waals surface area contributed by atoms with Gasteiger partial charge in [0.25, 0.3) is 0 Å². The van der Waals surface area contributed by atoms with Crippen LogP contribution in [0.15, 0.2) is 66.0 Å². The number of hydrogen-bond acceptors (Lipinski definition) is 4. The van der Waals surface area contributed by atoms with E-state index in [0.29, 0.717) is 11.1 Å². The van der Waals surface area contributed by atoms with Crippen LogP contribution < -0.4 is 5.73 Å². The molecular formula is C19H18N2O3. The summed E-state index contributed by atoms with van der Waals surface area (Å²) < 4.78 is 4.87. The first-order valence-electron chi connectivity index (χ1n) is 7.31. The molecule has 24 heavy (non-hydrogen) atoms. The van der Waals surface area contributed by atoms with Crippen LogP contribution in [-0.2, 0) is 14.3 Å². The molecule has 5 nitrogen and oxygen atoms in total. The molecule has 122 valence electrons. The topological polar surface area (TPSA) is 82.3 Å². The van der Waals surface area contributed by atoms with Crippen molar-refractivity contribution in [2.45, 2.75) is 6.92 Å². The summed E-state index contributed by atoms with van der Waals surface area (Å²) in [6, 6.07) is 12.7. The number of nitrogens with two attached hydrogens (primary N) is 1. The number of pyridine rings is 1. The zero-order chi connectivity index (χ0) is 17.5. The van der Waals surface area contributed by atoms with Crippen LogP contribution in [0.2, 0.25) is 0 Å². The second-order valence-electron chi connectivity index (χ2n) is 5.06. The molecule has 2 rings (SSSR count). The molecule has 0 saturated heterocycles. The third-order valence-electron chi connectivity index (χ3n) is 3.52. The number of amides is 1. The first-order chi connectivity index (χ1) is 11.5. The van der Waals surface area contributed by atoms with Gasteiger partial charge in [-0.15, -0.1) is 0 Å². The van der Waals surface area contributed by atoms with Crippen LogP contribution in [0, 0.1) is 0 Å². The quantitative estimate of drug-likeness (QED) is 0.521. The highest BCUT2D eigenvalue weighted by Gasteiger charge is 2.23. The first kappa shape index (κ1) is 17.1. The molecule has 0 aliphatic carbocycles. The highest BCUT2D eigenvalue weighted by Crippen LogP contribution is 2.26. The monoisotopic (exact) mass is 322 g/mol. The third-order valence-corrected chi connectivity index (χ3v) is 3.52. The van der Waals surface area contributed by atoms with Crippen LogP contribution in [0.1, 0.15) is 18.1 Å². The Morgan fingerprint density at radius 2 is 1.71 bits per heavy atom. The van der Waals surface area contributed by atoms with E-state index in [2.05, 4.69) is 4.98 Å². The molecule has 2 aromatic rings. The zero-order valence-corrected chi connectivity index (χ0v) is 13.5. The van der Waals surface area contributed by atoms with Crippen LogP contribution in [-0.4, -0.2) is 24.0 Å². The maximum atomic E-state index is 12.3. The average molecular weight is 322 g/mol. The molecule has 0 unspecified atom stereocenters. The Morgan fingerprint density at radius 1 is 1.08 bits per heavy atom. The van der Waals surface area contributed by atoms with Crippen molar-refractivity contribution in [1.29, 1.82) is 0 Å². The van der Waals surface area contributed by atoms with Crippen molar-refractivity contribution in [3.63, 3.8) is 0 Å². The van der Waals surface area contributed by atoms with Gasteiger partial charge in [-0.2, -0.15) is 0 Å². The predicted molar refractivity (Wildman–Crippen MR) is 92.5 cm³/mol. The number of hydrogen-bond donors (Lipinski definition) is 1. The Hall–Kier alpha value is -3.21. The number of aromatic nitrogens is 1. The van der Waals surface area contributed by atoms with Gasteiger partial charge in [0.1, 0.15) is 0 Å². The molecule has 1 amide bonds. The van der Waals surface area contributed by atoms with Gasteiger partial charge < -0.3 is 10.5 Å². The van der Waals surface area contributed by atoms with E-state index in [4.69, 9.17) is 10.5 Å². The van der Waals surface area contributed by atoms with Crippen molar-refractivity contribution >= 4 is 23.5 Å². The Kier molecular flexibility index (Phi) is 5.63. The molecule has 0 spiro atoms. The number of allylic oxidation sites excluding steroid dienone is 1. The summed E-state index contributed by atoms with van der Waals surface area (Å²) in [6.45, 7) is 1.75. The largest absolute Gasteiger partial charge is 0.465 e. The van der Waals surface area contributed by atoms with E-state index < -0.39 is 11.9 Å². The predicted octanol–water partition coefficient (Wildman–Crippen LogP) is 2.60. The Labute approximate surface area is 140 Å². The van der Waals surface area contributed by atoms with Gasteiger partial charge in [0, 0.05) is 12.4 Å². The number of rotatable bonds is 5. The molecular weight excluding hydrogens is 304 g/mol. The van der Waals surface area contributed by atoms with Crippen LogP contribution in [0.5, 0.6) is 0 Å². The fourth-order valence-corrected chi connectivity index (χ4v) is 2.29. The number of benzene rings is 1. The number of esters is 1. The van der Waals surface area contributed by atoms with Gasteiger partial charge in [0.05, 0.1) is 18.3 Å². The van der Waals surface area contributed by atoms with E-state index in [1.165, 1.54) is 7.11 Å². The fourth-order valence-electron chi connectivity index (χ4n) is 2.29. The third kappa shape index (κ3) is 3.95. The average Bonchev–Trinajstić information content (AvgIpc) is 2.62. The van der Waals surface area contributed by atoms with E-state index in [1.54, 1.807) is 37.5 Å². The van der Waals surface area contributed by atoms with Crippen LogP contribution in [0.3, 0.4) is 0 Å². The fraction of sp³-hybridized carbons (Fsp3) is 0.105. The molecule has 0 saturated carbocycles. The van der Waals surface area contributed by atoms with E-state index in [0.717, 1.165) is 5.56 Å². The van der Waals surface area contributed by atoms with E-state index in [-0.39, 0.29) is 11.1 Å². The molecule has 1 aromatic carbocycles. The lowest BCUT2D eigenvalue weighted by molar-refractivity contribution is -0.136. The number of primary amides is 1. The molecule has 0 bridgehead atoms. The van der Waals surface area contributed by atoms with Gasteiger partial charge in [-0.3, -0.25) is 9.78 Å². The van der Waals surface area contributed by atoms with Crippen molar-refractivity contribution in [2.24, 2.45) is 5.73 Å². The van der Waals surface area contributed by atoms with E-state index in [1.807, 2.05) is 30.3 Å². The highest BCUT2D eigenvalue weighted by atomic mass is 16.5. The highest BCUT2D eigenvalue weighted by molar-refractivity contribution is 6.15. The normalized spacial score (nSPS) is 12.3. The summed E-state index contributed by atoms with van der Waals surface area (Å²) in [7, 11) is 1.27. The Balaban J connectivity index is 2.67. The lowest BCUT2D eigenvalue weighted by atomic mass is 9.94. The molecule has 1 heterocycles. The molecule has 1 aromatic heterocycles. The van der Waals surface area contributed by atoms with Crippen molar-refractivity contribution in [3.8, 4) is 0 Å². The Bertz CT molecular complexity index is 794. The number of ether oxygens (including phenoxy) is 1. The Morgan fingerprint density at radius 3 is 2.25 bits per heavy atom. The number of methoxy groups -OCH3 is 1. The SMILES string of the molecule is COC(=O)C(C(=Cc1ccncc1)C(N)=O)=C(C)c1ccccc1. The molecule has 0 fully saturated rings. The van der Waals surface area contributed by atoms with Crippen LogP contribution >= 0.6 is 0 Å². The minimum absolute atomic E-state index is 0.0920. The van der Waals surface area contributed by atoms with Gasteiger partial charge in [-0.1, -0.05) is 30.3 Å². The number of carbonyl (C=O) groups is 2. The first-order valence-corrected chi connectivity index (χ1v) is 7.31. The second-order valence-corrected chi connectivity index (χ2v) is 5.06. The summed E-state index contributed by atoms with van der Waals surface area (Å²) in [5, 5.41) is 0. The van der Waals surface area contributed by atoms with Crippen molar-refractivity contribution in [1.82, 2.24) is 4.98 Å². The molecule has 0 aliphatic rings. The number of nitrogens with zero attached hydrogens (tertiary/aromatic N) is 1. The second kappa shape index (κ2) is 7.87. The van der Waals surface area contributed by atoms with Crippen LogP contribution in [0.4, 0.5) is 0 Å². The summed E-state index contributed by atoms with van der Waals surface area (Å²) in [5.74, 6) is -1.32. The van der Waals surface area contributed by atoms with E-state index >= 15 is 0 Å². The van der Waals surface area contributed by atoms with Gasteiger partial charge in [-0.05, 0) is 41.8 Å². The summed E-state index contributed by atoms with van der Waals surface area (Å²) in [5.41, 5.74) is 7.89. The van der Waals surface area contributed by atoms with Gasteiger partial charge in [0.2, 0.25) is 5.91 Å². The van der Waals surface area contributed by atoms with E-state index in [9.17, 15) is 9.59 Å².